The fourth-order valence-electron chi connectivity index (χ4n) is 3.44. The molecule has 5 nitrogen and oxygen atoms in total. The molecule has 1 N–H and O–H groups in total. The van der Waals surface area contributed by atoms with E-state index in [9.17, 15) is 9.90 Å². The molecule has 1 fully saturated rings. The molecule has 2 aliphatic carbocycles. The van der Waals surface area contributed by atoms with Crippen LogP contribution < -0.4 is 0 Å². The van der Waals surface area contributed by atoms with Gasteiger partial charge in [0.2, 0.25) is 0 Å². The number of rotatable bonds is 6. The molecule has 0 aliphatic heterocycles. The van der Waals surface area contributed by atoms with Gasteiger partial charge in [0, 0.05) is 20.2 Å². The molecule has 22 heavy (non-hydrogen) atoms. The predicted molar refractivity (Wildman–Crippen MR) is 86.9 cm³/mol. The highest BCUT2D eigenvalue weighted by molar-refractivity contribution is 6.76. The van der Waals surface area contributed by atoms with Crippen molar-refractivity contribution in [2.24, 2.45) is 11.3 Å². The van der Waals surface area contributed by atoms with Gasteiger partial charge >= 0.3 is 5.97 Å². The number of carboxylic acids is 1. The zero-order chi connectivity index (χ0) is 16.1. The molecule has 0 amide bonds. The predicted octanol–water partition coefficient (Wildman–Crippen LogP) is 3.02. The number of nitrogens with zero attached hydrogens (tertiary/aromatic N) is 2. The first-order chi connectivity index (χ1) is 10.2. The molecule has 1 heterocycles. The molecule has 0 unspecified atom stereocenters. The maximum absolute atomic E-state index is 11.6. The summed E-state index contributed by atoms with van der Waals surface area (Å²) in [7, 11) is -1.12. The van der Waals surface area contributed by atoms with Crippen molar-refractivity contribution < 1.29 is 14.6 Å². The Hall–Kier alpha value is -1.14. The average Bonchev–Trinajstić information content (AvgIpc) is 2.89. The van der Waals surface area contributed by atoms with Crippen LogP contribution in [0.2, 0.25) is 25.7 Å². The van der Waals surface area contributed by atoms with Crippen molar-refractivity contribution in [3.8, 4) is 0 Å². The highest BCUT2D eigenvalue weighted by Gasteiger charge is 2.54. The van der Waals surface area contributed by atoms with Crippen LogP contribution in [0.15, 0.2) is 0 Å². The molecule has 0 radical (unpaired) electrons. The molecule has 1 aromatic rings. The first-order valence-electron chi connectivity index (χ1n) is 8.09. The standard InChI is InChI=1S/C16H26N2O3Si/c1-16-8-11(16)7-12-13(9-16)17-18(14(12)15(19)20)10-21-5-6-22(2,3)4/h11H,5-10H2,1-4H3,(H,19,20)/t11-,16-/m1/s1. The Balaban J connectivity index is 1.72. The highest BCUT2D eigenvalue weighted by atomic mass is 28.3. The van der Waals surface area contributed by atoms with Crippen LogP contribution in [0.4, 0.5) is 0 Å². The summed E-state index contributed by atoms with van der Waals surface area (Å²) in [6, 6.07) is 1.08. The molecule has 0 spiro atoms. The van der Waals surface area contributed by atoms with Crippen LogP contribution in [0.3, 0.4) is 0 Å². The highest BCUT2D eigenvalue weighted by Crippen LogP contribution is 2.59. The fraction of sp³-hybridized carbons (Fsp3) is 0.750. The number of carbonyl (C=O) groups is 1. The van der Waals surface area contributed by atoms with Crippen molar-refractivity contribution in [2.45, 2.75) is 58.6 Å². The molecule has 1 saturated carbocycles. The van der Waals surface area contributed by atoms with E-state index >= 15 is 0 Å². The van der Waals surface area contributed by atoms with Gasteiger partial charge in [-0.1, -0.05) is 26.6 Å². The van der Waals surface area contributed by atoms with E-state index in [4.69, 9.17) is 4.74 Å². The summed E-state index contributed by atoms with van der Waals surface area (Å²) in [5, 5.41) is 14.1. The Morgan fingerprint density at radius 1 is 1.50 bits per heavy atom. The normalized spacial score (nSPS) is 26.5. The average molecular weight is 322 g/mol. The summed E-state index contributed by atoms with van der Waals surface area (Å²) < 4.78 is 7.26. The van der Waals surface area contributed by atoms with Gasteiger partial charge in [-0.05, 0) is 36.6 Å². The van der Waals surface area contributed by atoms with Gasteiger partial charge in [-0.3, -0.25) is 0 Å². The van der Waals surface area contributed by atoms with Crippen LogP contribution in [0, 0.1) is 11.3 Å². The minimum Gasteiger partial charge on any atom is -0.477 e. The van der Waals surface area contributed by atoms with Gasteiger partial charge in [0.15, 0.2) is 5.69 Å². The molecule has 2 aliphatic rings. The van der Waals surface area contributed by atoms with Gasteiger partial charge in [0.25, 0.3) is 0 Å². The van der Waals surface area contributed by atoms with E-state index in [-0.39, 0.29) is 6.73 Å². The van der Waals surface area contributed by atoms with Crippen LogP contribution in [-0.4, -0.2) is 35.5 Å². The van der Waals surface area contributed by atoms with Crippen LogP contribution in [-0.2, 0) is 24.3 Å². The lowest BCUT2D eigenvalue weighted by Gasteiger charge is -2.16. The first-order valence-corrected chi connectivity index (χ1v) is 11.8. The largest absolute Gasteiger partial charge is 0.477 e. The summed E-state index contributed by atoms with van der Waals surface area (Å²) in [6.07, 6.45) is 2.98. The van der Waals surface area contributed by atoms with Gasteiger partial charge in [-0.15, -0.1) is 0 Å². The van der Waals surface area contributed by atoms with E-state index in [2.05, 4.69) is 31.7 Å². The van der Waals surface area contributed by atoms with Crippen LogP contribution in [0.5, 0.6) is 0 Å². The number of hydrogen-bond donors (Lipinski definition) is 1. The summed E-state index contributed by atoms with van der Waals surface area (Å²) in [5.41, 5.74) is 2.63. The van der Waals surface area contributed by atoms with Crippen molar-refractivity contribution in [1.29, 1.82) is 0 Å². The number of ether oxygens (including phenoxy) is 1. The van der Waals surface area contributed by atoms with Crippen molar-refractivity contribution in [2.75, 3.05) is 6.61 Å². The van der Waals surface area contributed by atoms with Crippen LogP contribution >= 0.6 is 0 Å². The summed E-state index contributed by atoms with van der Waals surface area (Å²) in [6.45, 7) is 10.1. The van der Waals surface area contributed by atoms with Crippen molar-refractivity contribution in [3.63, 3.8) is 0 Å². The lowest BCUT2D eigenvalue weighted by atomic mass is 9.88. The van der Waals surface area contributed by atoms with Crippen molar-refractivity contribution in [3.05, 3.63) is 17.0 Å². The molecule has 0 aromatic carbocycles. The zero-order valence-corrected chi connectivity index (χ0v) is 15.0. The Morgan fingerprint density at radius 3 is 2.86 bits per heavy atom. The van der Waals surface area contributed by atoms with Crippen LogP contribution in [0.25, 0.3) is 0 Å². The molecular formula is C16H26N2O3Si. The Bertz CT molecular complexity index is 605. The zero-order valence-electron chi connectivity index (χ0n) is 14.0. The quantitative estimate of drug-likeness (QED) is 0.646. The molecule has 3 rings (SSSR count). The number of aromatic nitrogens is 2. The monoisotopic (exact) mass is 322 g/mol. The summed E-state index contributed by atoms with van der Waals surface area (Å²) in [5.74, 6) is -0.240. The van der Waals surface area contributed by atoms with E-state index in [1.807, 2.05) is 0 Å². The number of fused-ring (bicyclic) bond motifs is 2. The second kappa shape index (κ2) is 5.20. The molecule has 0 bridgehead atoms. The number of hydrogen-bond acceptors (Lipinski definition) is 3. The second-order valence-electron chi connectivity index (χ2n) is 8.36. The van der Waals surface area contributed by atoms with Crippen LogP contribution in [0.1, 0.15) is 35.1 Å². The third-order valence-electron chi connectivity index (χ3n) is 5.11. The molecule has 122 valence electrons. The minimum atomic E-state index is -1.12. The van der Waals surface area contributed by atoms with E-state index in [0.29, 0.717) is 23.6 Å². The first kappa shape index (κ1) is 15.7. The van der Waals surface area contributed by atoms with E-state index in [1.165, 1.54) is 6.42 Å². The van der Waals surface area contributed by atoms with Crippen molar-refractivity contribution >= 4 is 14.0 Å². The molecule has 0 saturated heterocycles. The molecule has 2 atom stereocenters. The van der Waals surface area contributed by atoms with Gasteiger partial charge < -0.3 is 9.84 Å². The third-order valence-corrected chi connectivity index (χ3v) is 6.81. The van der Waals surface area contributed by atoms with E-state index < -0.39 is 14.0 Å². The fourth-order valence-corrected chi connectivity index (χ4v) is 4.19. The molecule has 6 heteroatoms. The topological polar surface area (TPSA) is 64.4 Å². The molecular weight excluding hydrogens is 296 g/mol. The smallest absolute Gasteiger partial charge is 0.354 e. The van der Waals surface area contributed by atoms with Gasteiger partial charge in [-0.25, -0.2) is 9.48 Å². The molecule has 1 aromatic heterocycles. The van der Waals surface area contributed by atoms with Gasteiger partial charge in [0.1, 0.15) is 6.73 Å². The lowest BCUT2D eigenvalue weighted by molar-refractivity contribution is 0.0588. The number of aromatic carboxylic acids is 1. The SMILES string of the molecule is C[C@@]12Cc3nn(COCC[Si](C)(C)C)c(C(=O)O)c3C[C@@H]1C2. The van der Waals surface area contributed by atoms with Gasteiger partial charge in [-0.2, -0.15) is 5.10 Å². The number of carboxylic acid groups (broad SMARTS) is 1. The Kier molecular flexibility index (Phi) is 3.72. The maximum Gasteiger partial charge on any atom is 0.354 e. The lowest BCUT2D eigenvalue weighted by Crippen LogP contribution is -2.22. The van der Waals surface area contributed by atoms with Crippen molar-refractivity contribution in [1.82, 2.24) is 9.78 Å². The maximum atomic E-state index is 11.6. The summed E-state index contributed by atoms with van der Waals surface area (Å²) in [4.78, 5) is 11.6. The van der Waals surface area contributed by atoms with Gasteiger partial charge in [0.05, 0.1) is 5.69 Å². The Morgan fingerprint density at radius 2 is 2.23 bits per heavy atom. The van der Waals surface area contributed by atoms with E-state index in [0.717, 1.165) is 30.1 Å². The third kappa shape index (κ3) is 2.99. The second-order valence-corrected chi connectivity index (χ2v) is 14.0. The minimum absolute atomic E-state index is 0.250. The summed E-state index contributed by atoms with van der Waals surface area (Å²) >= 11 is 0. The van der Waals surface area contributed by atoms with E-state index in [1.54, 1.807) is 4.68 Å². The Labute approximate surface area is 132 Å².